The van der Waals surface area contributed by atoms with Crippen LogP contribution in [-0.4, -0.2) is 43.0 Å². The lowest BCUT2D eigenvalue weighted by Gasteiger charge is -2.23. The van der Waals surface area contributed by atoms with Gasteiger partial charge in [-0.05, 0) is 86.0 Å². The molecule has 0 bridgehead atoms. The molecule has 0 radical (unpaired) electrons. The fourth-order valence-electron chi connectivity index (χ4n) is 8.14. The summed E-state index contributed by atoms with van der Waals surface area (Å²) in [4.78, 5) is 2.52. The van der Waals surface area contributed by atoms with Crippen molar-refractivity contribution in [2.45, 2.75) is 38.5 Å². The van der Waals surface area contributed by atoms with Gasteiger partial charge in [0.2, 0.25) is 0 Å². The van der Waals surface area contributed by atoms with Crippen molar-refractivity contribution in [3.8, 4) is 23.7 Å². The highest BCUT2D eigenvalue weighted by atomic mass is 79.9. The molecule has 4 fully saturated rings. The maximum atomic E-state index is 3.46. The number of fused-ring (bicyclic) bond motifs is 2. The van der Waals surface area contributed by atoms with Crippen molar-refractivity contribution in [3.63, 3.8) is 0 Å². The fourth-order valence-corrected chi connectivity index (χ4v) is 8.28. The smallest absolute Gasteiger partial charge is 0.0649 e. The van der Waals surface area contributed by atoms with E-state index < -0.39 is 0 Å². The molecule has 2 saturated carbocycles. The van der Waals surface area contributed by atoms with E-state index in [2.05, 4.69) is 138 Å². The highest BCUT2D eigenvalue weighted by Crippen LogP contribution is 2.63. The number of hydrogen-bond donors (Lipinski definition) is 1. The number of benzene rings is 4. The third-order valence-corrected chi connectivity index (χ3v) is 11.4. The Bertz CT molecular complexity index is 1760. The predicted molar refractivity (Wildman–Crippen MR) is 203 cm³/mol. The zero-order chi connectivity index (χ0) is 32.9. The molecule has 4 aromatic rings. The number of likely N-dealkylation sites (tertiary alicyclic amines) is 1. The molecule has 0 amide bonds. The van der Waals surface area contributed by atoms with Crippen molar-refractivity contribution in [2.75, 3.05) is 38.1 Å². The van der Waals surface area contributed by atoms with E-state index in [1.165, 1.54) is 42.9 Å². The van der Waals surface area contributed by atoms with E-state index in [-0.39, 0.29) is 1.43 Å². The van der Waals surface area contributed by atoms with Crippen molar-refractivity contribution in [2.24, 2.45) is 23.7 Å². The van der Waals surface area contributed by atoms with Crippen LogP contribution in [0, 0.1) is 61.2 Å². The molecule has 8 rings (SSSR count). The number of nitrogens with one attached hydrogen (secondary N) is 1. The van der Waals surface area contributed by atoms with E-state index >= 15 is 0 Å². The van der Waals surface area contributed by atoms with E-state index in [1.807, 2.05) is 48.5 Å². The lowest BCUT2D eigenvalue weighted by atomic mass is 9.91. The summed E-state index contributed by atoms with van der Waals surface area (Å²) >= 11 is 3.23. The Labute approximate surface area is 293 Å². The number of rotatable bonds is 3. The number of nitrogens with zero attached hydrogens (tertiary/aromatic N) is 1. The molecule has 0 spiro atoms. The van der Waals surface area contributed by atoms with Crippen LogP contribution in [0.25, 0.3) is 0 Å². The Kier molecular flexibility index (Phi) is 10.4. The van der Waals surface area contributed by atoms with Gasteiger partial charge in [-0.3, -0.25) is 4.90 Å². The molecule has 2 aliphatic heterocycles. The second-order valence-electron chi connectivity index (χ2n) is 14.1. The van der Waals surface area contributed by atoms with Crippen LogP contribution in [0.15, 0.2) is 109 Å². The molecule has 1 N–H and O–H groups in total. The first kappa shape index (κ1) is 33.3. The first-order chi connectivity index (χ1) is 22.8. The van der Waals surface area contributed by atoms with Crippen LogP contribution >= 0.6 is 15.9 Å². The molecule has 2 aliphatic carbocycles. The predicted octanol–water partition coefficient (Wildman–Crippen LogP) is 8.65. The minimum atomic E-state index is 0. The average molecular weight is 686 g/mol. The lowest BCUT2D eigenvalue weighted by molar-refractivity contribution is 0.308. The third kappa shape index (κ3) is 7.45. The molecule has 4 aliphatic rings. The van der Waals surface area contributed by atoms with Gasteiger partial charge in [-0.25, -0.2) is 0 Å². The minimum Gasteiger partial charge on any atom is -0.316 e. The third-order valence-electron chi connectivity index (χ3n) is 11.1. The summed E-state index contributed by atoms with van der Waals surface area (Å²) < 4.78 is 0. The summed E-state index contributed by atoms with van der Waals surface area (Å²) in [5, 5.41) is 4.20. The van der Waals surface area contributed by atoms with E-state index in [4.69, 9.17) is 0 Å². The van der Waals surface area contributed by atoms with Crippen LogP contribution in [-0.2, 0) is 10.8 Å². The number of hydrogen-bond acceptors (Lipinski definition) is 2. The van der Waals surface area contributed by atoms with Crippen LogP contribution in [0.5, 0.6) is 0 Å². The molecule has 3 heteroatoms. The normalized spacial score (nSPS) is 27.6. The zero-order valence-electron chi connectivity index (χ0n) is 28.3. The van der Waals surface area contributed by atoms with E-state index in [0.29, 0.717) is 10.8 Å². The quantitative estimate of drug-likeness (QED) is 0.172. The van der Waals surface area contributed by atoms with Crippen molar-refractivity contribution in [3.05, 3.63) is 143 Å². The number of halogens is 1. The van der Waals surface area contributed by atoms with E-state index in [9.17, 15) is 0 Å². The molecule has 2 heterocycles. The monoisotopic (exact) mass is 684 g/mol. The molecular formula is C44H49BrN2. The Balaban J connectivity index is 0.000000154. The van der Waals surface area contributed by atoms with Crippen LogP contribution in [0.3, 0.4) is 0 Å². The standard InChI is InChI=1S/C22H23N.C13H17N.C9H7Br.H2/c1-17-8-6-12-19(14-17)22(2)20-15-23(16-21(20)22)13-7-11-18-9-4-3-5-10-18;1-9-4-3-5-10(6-9)13(2)11-7-14-8-12(11)13;10-8-4-7-9-5-2-1-3-6-9;/h3-6,8-10,12,14,20-21H,13,15-16H2,1-2H3;3-6,11-12,14H,7-8H2,1-2H3;1-3,5-6H,8H2;1H. The zero-order valence-corrected chi connectivity index (χ0v) is 29.9. The van der Waals surface area contributed by atoms with Gasteiger partial charge in [-0.1, -0.05) is 150 Å². The minimum absolute atomic E-state index is 0. The largest absolute Gasteiger partial charge is 0.316 e. The van der Waals surface area contributed by atoms with Gasteiger partial charge in [-0.15, -0.1) is 0 Å². The second kappa shape index (κ2) is 14.7. The first-order valence-electron chi connectivity index (χ1n) is 17.0. The maximum Gasteiger partial charge on any atom is 0.0649 e. The van der Waals surface area contributed by atoms with Gasteiger partial charge >= 0.3 is 0 Å². The summed E-state index contributed by atoms with van der Waals surface area (Å²) in [6.45, 7) is 15.0. The van der Waals surface area contributed by atoms with Gasteiger partial charge < -0.3 is 5.32 Å². The number of alkyl halides is 1. The molecule has 47 heavy (non-hydrogen) atoms. The number of aryl methyl sites for hydroxylation is 2. The Morgan fingerprint density at radius 2 is 1.13 bits per heavy atom. The molecule has 2 saturated heterocycles. The van der Waals surface area contributed by atoms with Crippen molar-refractivity contribution >= 4 is 15.9 Å². The molecule has 242 valence electrons. The molecule has 4 unspecified atom stereocenters. The molecule has 2 nitrogen and oxygen atoms in total. The van der Waals surface area contributed by atoms with Crippen molar-refractivity contribution in [1.29, 1.82) is 0 Å². The summed E-state index contributed by atoms with van der Waals surface area (Å²) in [6.07, 6.45) is 0. The van der Waals surface area contributed by atoms with Crippen LogP contribution in [0.2, 0.25) is 0 Å². The summed E-state index contributed by atoms with van der Waals surface area (Å²) in [7, 11) is 0. The fraction of sp³-hybridized carbons (Fsp3) is 0.364. The van der Waals surface area contributed by atoms with Crippen LogP contribution < -0.4 is 5.32 Å². The van der Waals surface area contributed by atoms with Gasteiger partial charge in [0.15, 0.2) is 0 Å². The van der Waals surface area contributed by atoms with Crippen molar-refractivity contribution < 1.29 is 1.43 Å². The van der Waals surface area contributed by atoms with Gasteiger partial charge in [0.1, 0.15) is 0 Å². The lowest BCUT2D eigenvalue weighted by Crippen LogP contribution is -2.29. The van der Waals surface area contributed by atoms with Gasteiger partial charge in [0.05, 0.1) is 11.9 Å². The highest BCUT2D eigenvalue weighted by molar-refractivity contribution is 9.09. The van der Waals surface area contributed by atoms with E-state index in [1.54, 1.807) is 5.56 Å². The molecular weight excluding hydrogens is 636 g/mol. The average Bonchev–Trinajstić information content (AvgIpc) is 3.56. The van der Waals surface area contributed by atoms with Gasteiger partial charge in [0, 0.05) is 36.5 Å². The second-order valence-corrected chi connectivity index (χ2v) is 14.6. The number of piperidine rings is 2. The Morgan fingerprint density at radius 3 is 1.60 bits per heavy atom. The molecule has 0 aromatic heterocycles. The summed E-state index contributed by atoms with van der Waals surface area (Å²) in [6, 6.07) is 38.3. The van der Waals surface area contributed by atoms with Gasteiger partial charge in [-0.2, -0.15) is 0 Å². The van der Waals surface area contributed by atoms with Crippen molar-refractivity contribution in [1.82, 2.24) is 10.2 Å². The maximum absolute atomic E-state index is 3.46. The Hall–Kier alpha value is -3.60. The first-order valence-corrected chi connectivity index (χ1v) is 18.2. The van der Waals surface area contributed by atoms with Gasteiger partial charge in [0.25, 0.3) is 0 Å². The SMILES string of the molecule is BrCC#Cc1ccccc1.Cc1cccc(C2(C)C3CN(CC#Cc4ccccc4)CC32)c1.Cc1cccc(C2(C)C3CNCC32)c1.[HH]. The molecule has 4 atom stereocenters. The molecule has 4 aromatic carbocycles. The topological polar surface area (TPSA) is 15.3 Å². The summed E-state index contributed by atoms with van der Waals surface area (Å²) in [5.74, 6) is 15.9. The Morgan fingerprint density at radius 1 is 0.660 bits per heavy atom. The van der Waals surface area contributed by atoms with E-state index in [0.717, 1.165) is 46.7 Å². The van der Waals surface area contributed by atoms with Crippen LogP contribution in [0.4, 0.5) is 0 Å². The summed E-state index contributed by atoms with van der Waals surface area (Å²) in [5.41, 5.74) is 8.91. The van der Waals surface area contributed by atoms with Crippen LogP contribution in [0.1, 0.15) is 48.7 Å². The highest BCUT2D eigenvalue weighted by Gasteiger charge is 2.65.